The minimum atomic E-state index is -1.56. The van der Waals surface area contributed by atoms with Crippen molar-refractivity contribution in [2.75, 3.05) is 13.2 Å². The molecule has 7 atom stereocenters. The van der Waals surface area contributed by atoms with Crippen molar-refractivity contribution in [3.05, 3.63) is 97.2 Å². The van der Waals surface area contributed by atoms with Gasteiger partial charge in [-0.15, -0.1) is 0 Å². The lowest BCUT2D eigenvalue weighted by Crippen LogP contribution is -2.60. The van der Waals surface area contributed by atoms with Gasteiger partial charge in [0.15, 0.2) is 6.29 Å². The van der Waals surface area contributed by atoms with Crippen molar-refractivity contribution < 1.29 is 39.8 Å². The van der Waals surface area contributed by atoms with Crippen molar-refractivity contribution in [3.8, 4) is 0 Å². The molecule has 1 fully saturated rings. The van der Waals surface area contributed by atoms with Gasteiger partial charge in [0.1, 0.15) is 24.4 Å². The molecule has 9 nitrogen and oxygen atoms in total. The second-order valence-corrected chi connectivity index (χ2v) is 27.1. The van der Waals surface area contributed by atoms with E-state index in [2.05, 4.69) is 116 Å². The number of ether oxygens (including phenoxy) is 2. The van der Waals surface area contributed by atoms with Gasteiger partial charge in [-0.1, -0.05) is 381 Å². The number of nitrogens with one attached hydrogen (secondary N) is 1. The van der Waals surface area contributed by atoms with Gasteiger partial charge in [-0.25, -0.2) is 0 Å². The van der Waals surface area contributed by atoms with E-state index < -0.39 is 49.5 Å². The molecule has 0 aromatic heterocycles. The Morgan fingerprint density at radius 3 is 1.00 bits per heavy atom. The zero-order chi connectivity index (χ0) is 66.4. The predicted molar refractivity (Wildman–Crippen MR) is 396 cm³/mol. The maximum Gasteiger partial charge on any atom is 0.220 e. The van der Waals surface area contributed by atoms with E-state index in [1.807, 2.05) is 0 Å². The summed E-state index contributed by atoms with van der Waals surface area (Å²) in [6.07, 6.45) is 96.4. The van der Waals surface area contributed by atoms with E-state index in [9.17, 15) is 30.3 Å². The van der Waals surface area contributed by atoms with Crippen molar-refractivity contribution in [1.29, 1.82) is 0 Å². The van der Waals surface area contributed by atoms with Crippen LogP contribution in [0.2, 0.25) is 0 Å². The first-order chi connectivity index (χ1) is 45.3. The molecular weight excluding hydrogens is 1140 g/mol. The van der Waals surface area contributed by atoms with Gasteiger partial charge in [0.2, 0.25) is 5.91 Å². The molecule has 0 saturated carbocycles. The topological polar surface area (TPSA) is 149 Å². The molecule has 0 radical (unpaired) electrons. The third-order valence-corrected chi connectivity index (χ3v) is 18.5. The molecule has 0 aromatic carbocycles. The Morgan fingerprint density at radius 1 is 0.380 bits per heavy atom. The second-order valence-electron chi connectivity index (χ2n) is 27.1. The zero-order valence-corrected chi connectivity index (χ0v) is 60.0. The van der Waals surface area contributed by atoms with Crippen molar-refractivity contribution in [2.24, 2.45) is 0 Å². The molecule has 1 rings (SSSR count). The molecule has 0 aliphatic carbocycles. The fraction of sp³-hybridized carbons (Fsp3) is 0.795. The predicted octanol–water partition coefficient (Wildman–Crippen LogP) is 22.6. The average Bonchev–Trinajstić information content (AvgIpc) is 1.00. The molecule has 6 N–H and O–H groups in total. The summed E-state index contributed by atoms with van der Waals surface area (Å²) in [5.74, 6) is -0.141. The van der Waals surface area contributed by atoms with Crippen LogP contribution in [0.3, 0.4) is 0 Å². The number of aliphatic hydroxyl groups is 5. The van der Waals surface area contributed by atoms with Crippen molar-refractivity contribution in [1.82, 2.24) is 5.32 Å². The van der Waals surface area contributed by atoms with Crippen molar-refractivity contribution in [3.63, 3.8) is 0 Å². The number of amides is 1. The van der Waals surface area contributed by atoms with Crippen LogP contribution in [0.5, 0.6) is 0 Å². The van der Waals surface area contributed by atoms with Crippen LogP contribution in [0.1, 0.15) is 367 Å². The monoisotopic (exact) mass is 1290 g/mol. The van der Waals surface area contributed by atoms with Crippen LogP contribution in [-0.4, -0.2) is 87.5 Å². The van der Waals surface area contributed by atoms with Gasteiger partial charge in [-0.2, -0.15) is 0 Å². The molecule has 7 unspecified atom stereocenters. The van der Waals surface area contributed by atoms with E-state index in [1.165, 1.54) is 250 Å². The van der Waals surface area contributed by atoms with E-state index in [-0.39, 0.29) is 12.5 Å². The van der Waals surface area contributed by atoms with Crippen LogP contribution in [0, 0.1) is 0 Å². The first-order valence-electron chi connectivity index (χ1n) is 39.4. The van der Waals surface area contributed by atoms with Crippen LogP contribution in [-0.2, 0) is 14.3 Å². The summed E-state index contributed by atoms with van der Waals surface area (Å²) in [6.45, 7) is 3.77. The van der Waals surface area contributed by atoms with Crippen LogP contribution in [0.15, 0.2) is 97.2 Å². The number of carbonyl (C=O) groups excluding carboxylic acids is 1. The molecule has 1 amide bonds. The van der Waals surface area contributed by atoms with Crippen LogP contribution in [0.4, 0.5) is 0 Å². The molecule has 0 aromatic rings. The summed E-state index contributed by atoms with van der Waals surface area (Å²) in [5.41, 5.74) is 0. The van der Waals surface area contributed by atoms with E-state index in [0.29, 0.717) is 12.8 Å². The average molecular weight is 1290 g/mol. The van der Waals surface area contributed by atoms with E-state index >= 15 is 0 Å². The highest BCUT2D eigenvalue weighted by molar-refractivity contribution is 5.76. The fourth-order valence-electron chi connectivity index (χ4n) is 12.4. The van der Waals surface area contributed by atoms with Gasteiger partial charge in [0.05, 0.1) is 25.4 Å². The summed E-state index contributed by atoms with van der Waals surface area (Å²) in [7, 11) is 0. The molecule has 1 saturated heterocycles. The summed E-state index contributed by atoms with van der Waals surface area (Å²) >= 11 is 0. The Labute approximate surface area is 568 Å². The molecule has 1 aliphatic rings. The molecule has 92 heavy (non-hydrogen) atoms. The number of unbranched alkanes of at least 4 members (excludes halogenated alkanes) is 43. The number of rotatable bonds is 69. The minimum Gasteiger partial charge on any atom is -0.394 e. The third-order valence-electron chi connectivity index (χ3n) is 18.5. The van der Waals surface area contributed by atoms with Gasteiger partial charge < -0.3 is 40.3 Å². The minimum absolute atomic E-state index is 0.138. The third kappa shape index (κ3) is 58.5. The van der Waals surface area contributed by atoms with Gasteiger partial charge in [-0.05, 0) is 77.0 Å². The maximum atomic E-state index is 13.2. The highest BCUT2D eigenvalue weighted by Crippen LogP contribution is 2.24. The van der Waals surface area contributed by atoms with Gasteiger partial charge in [0.25, 0.3) is 0 Å². The highest BCUT2D eigenvalue weighted by atomic mass is 16.7. The number of carbonyl (C=O) groups is 1. The Hall–Kier alpha value is -2.89. The van der Waals surface area contributed by atoms with Crippen LogP contribution < -0.4 is 5.32 Å². The van der Waals surface area contributed by atoms with Gasteiger partial charge in [-0.3, -0.25) is 4.79 Å². The van der Waals surface area contributed by atoms with Crippen LogP contribution in [0.25, 0.3) is 0 Å². The summed E-state index contributed by atoms with van der Waals surface area (Å²) < 4.78 is 11.4. The lowest BCUT2D eigenvalue weighted by atomic mass is 9.99. The Kier molecular flexibility index (Phi) is 67.1. The highest BCUT2D eigenvalue weighted by Gasteiger charge is 2.44. The van der Waals surface area contributed by atoms with Gasteiger partial charge in [0, 0.05) is 6.42 Å². The van der Waals surface area contributed by atoms with Crippen LogP contribution >= 0.6 is 0 Å². The quantitative estimate of drug-likeness (QED) is 0.0261. The standard InChI is InChI=1S/C83H149NO8/c1-3-5-7-9-11-13-15-17-19-21-23-25-27-29-31-33-34-35-36-37-38-39-40-41-42-43-44-45-47-49-51-53-55-57-59-61-63-65-67-69-71-73-79(87)84-76(75-91-83-82(90)81(89)80(88)78(74-85)92-83)77(86)72-70-68-66-64-62-60-58-56-54-52-50-48-46-32-30-28-26-24-22-20-18-16-14-12-10-8-6-4-2/h5,7,11,13,17,19,23,25,29,31,34-35,37-38,40-41,76-78,80-83,85-86,88-90H,3-4,6,8-10,12,14-16,18,20-22,24,26-28,30,32-33,36,39,42-75H2,1-2H3,(H,84,87)/b7-5-,13-11-,19-17-,25-23-,31-29-,35-34-,38-37-,41-40-. The smallest absolute Gasteiger partial charge is 0.220 e. The molecule has 9 heteroatoms. The molecule has 534 valence electrons. The Morgan fingerprint density at radius 2 is 0.674 bits per heavy atom. The number of aliphatic hydroxyl groups excluding tert-OH is 5. The van der Waals surface area contributed by atoms with E-state index in [1.54, 1.807) is 0 Å². The first kappa shape index (κ1) is 87.1. The van der Waals surface area contributed by atoms with Crippen molar-refractivity contribution in [2.45, 2.75) is 410 Å². The number of hydrogen-bond donors (Lipinski definition) is 6. The largest absolute Gasteiger partial charge is 0.394 e. The molecule has 0 bridgehead atoms. The fourth-order valence-corrected chi connectivity index (χ4v) is 12.4. The SMILES string of the molecule is CC/C=C\C/C=C\C/C=C\C/C=C\C/C=C\C/C=C\C/C=C\C/C=C\CCCCCCCCCCCCCCCCCCC(=O)NC(COC1OC(CO)C(O)C(O)C1O)C(O)CCCCCCCCCCCCCCCCCCCCCCCCCCCCCC. The maximum absolute atomic E-state index is 13.2. The lowest BCUT2D eigenvalue weighted by Gasteiger charge is -2.40. The first-order valence-corrected chi connectivity index (χ1v) is 39.4. The molecule has 1 aliphatic heterocycles. The Balaban J connectivity index is 2.07. The number of allylic oxidation sites excluding steroid dienone is 16. The molecule has 1 heterocycles. The van der Waals surface area contributed by atoms with Crippen molar-refractivity contribution >= 4 is 5.91 Å². The normalized spacial score (nSPS) is 18.2. The van der Waals surface area contributed by atoms with E-state index in [4.69, 9.17) is 9.47 Å². The molecular formula is C83H149NO8. The number of hydrogen-bond acceptors (Lipinski definition) is 8. The second kappa shape index (κ2) is 70.9. The summed E-state index contributed by atoms with van der Waals surface area (Å²) in [4.78, 5) is 13.2. The van der Waals surface area contributed by atoms with E-state index in [0.717, 1.165) is 89.9 Å². The zero-order valence-electron chi connectivity index (χ0n) is 60.0. The lowest BCUT2D eigenvalue weighted by molar-refractivity contribution is -0.302. The van der Waals surface area contributed by atoms with Gasteiger partial charge >= 0.3 is 0 Å². The molecule has 0 spiro atoms. The Bertz CT molecular complexity index is 1780. The summed E-state index contributed by atoms with van der Waals surface area (Å²) in [5, 5.41) is 55.1. The summed E-state index contributed by atoms with van der Waals surface area (Å²) in [6, 6.07) is -0.725.